The van der Waals surface area contributed by atoms with E-state index in [-0.39, 0.29) is 0 Å². The Morgan fingerprint density at radius 1 is 0.542 bits per heavy atom. The Kier molecular flexibility index (Phi) is 25.5. The molecule has 7 fully saturated rings. The molecule has 0 bridgehead atoms. The summed E-state index contributed by atoms with van der Waals surface area (Å²) in [4.78, 5) is 0. The summed E-state index contributed by atoms with van der Waals surface area (Å²) in [7, 11) is 0. The van der Waals surface area contributed by atoms with Crippen LogP contribution in [0.15, 0.2) is 0 Å². The predicted molar refractivity (Wildman–Crippen MR) is 273 cm³/mol. The van der Waals surface area contributed by atoms with Crippen LogP contribution in [0.4, 0.5) is 0 Å². The van der Waals surface area contributed by atoms with Crippen molar-refractivity contribution in [3.8, 4) is 0 Å². The second kappa shape index (κ2) is 25.5. The molecule has 0 saturated heterocycles. The maximum atomic E-state index is 2.44. The van der Waals surface area contributed by atoms with Crippen molar-refractivity contribution in [1.29, 1.82) is 0 Å². The van der Waals surface area contributed by atoms with E-state index < -0.39 is 0 Å². The minimum Gasteiger partial charge on any atom is -0.0651 e. The fraction of sp³-hybridized carbons (Fsp3) is 1.00. The third kappa shape index (κ3) is 25.8. The van der Waals surface area contributed by atoms with E-state index in [4.69, 9.17) is 0 Å². The van der Waals surface area contributed by atoms with Crippen LogP contribution >= 0.6 is 0 Å². The summed E-state index contributed by atoms with van der Waals surface area (Å²) in [6.45, 7) is 60.0. The molecular weight excluding hydrogens is 709 g/mol. The van der Waals surface area contributed by atoms with Gasteiger partial charge in [0.05, 0.1) is 0 Å². The van der Waals surface area contributed by atoms with Crippen LogP contribution in [-0.4, -0.2) is 0 Å². The Labute approximate surface area is 378 Å². The summed E-state index contributed by atoms with van der Waals surface area (Å²) in [5, 5.41) is 0. The molecule has 4 unspecified atom stereocenters. The molecule has 7 saturated carbocycles. The van der Waals surface area contributed by atoms with Crippen LogP contribution in [0.5, 0.6) is 0 Å². The van der Waals surface area contributed by atoms with E-state index in [1.807, 2.05) is 0 Å². The normalized spacial score (nSPS) is 30.2. The first kappa shape index (κ1) is 59.0. The fourth-order valence-electron chi connectivity index (χ4n) is 8.91. The zero-order valence-corrected chi connectivity index (χ0v) is 46.5. The maximum absolute atomic E-state index is 2.44. The molecule has 0 aromatic carbocycles. The number of hydrogen-bond donors (Lipinski definition) is 0. The fourth-order valence-corrected chi connectivity index (χ4v) is 8.91. The molecule has 0 heterocycles. The predicted octanol–water partition coefficient (Wildman–Crippen LogP) is 20.5. The Bertz CT molecular complexity index is 1010. The molecule has 0 N–H and O–H groups in total. The van der Waals surface area contributed by atoms with E-state index in [2.05, 4.69) is 180 Å². The van der Waals surface area contributed by atoms with Crippen molar-refractivity contribution in [2.75, 3.05) is 0 Å². The zero-order valence-electron chi connectivity index (χ0n) is 46.5. The van der Waals surface area contributed by atoms with Gasteiger partial charge in [0, 0.05) is 0 Å². The third-order valence-corrected chi connectivity index (χ3v) is 17.8. The smallest absolute Gasteiger partial charge is 0.0297 e. The summed E-state index contributed by atoms with van der Waals surface area (Å²) in [5.74, 6) is 14.2. The molecule has 59 heavy (non-hydrogen) atoms. The molecule has 0 spiro atoms. The van der Waals surface area contributed by atoms with Gasteiger partial charge < -0.3 is 0 Å². The molecule has 7 aliphatic carbocycles. The SMILES string of the molecule is CC(C)(C)C(C)(C)C.CC(C)C(C)C(C)C.CC1(C2CC2)CC1.CC1CC(C)(C)C1.CC1CC(C)C1C.CCC(C)C(C)(C)C.CCC1CC(C)C1.C[C@H]1CC1C1CC1. The lowest BCUT2D eigenvalue weighted by Crippen LogP contribution is -2.29. The highest BCUT2D eigenvalue weighted by Gasteiger charge is 2.49. The lowest BCUT2D eigenvalue weighted by atomic mass is 9.65. The van der Waals surface area contributed by atoms with Gasteiger partial charge in [-0.05, 0) is 187 Å². The Balaban J connectivity index is 0.000000652. The van der Waals surface area contributed by atoms with Gasteiger partial charge in [0.2, 0.25) is 0 Å². The average Bonchev–Trinajstić information content (AvgIpc) is 3.87. The molecule has 5 atom stereocenters. The van der Waals surface area contributed by atoms with Crippen LogP contribution in [0, 0.1) is 110 Å². The summed E-state index contributed by atoms with van der Waals surface area (Å²) in [6, 6.07) is 0. The van der Waals surface area contributed by atoms with Crippen molar-refractivity contribution in [3.63, 3.8) is 0 Å². The van der Waals surface area contributed by atoms with Gasteiger partial charge >= 0.3 is 0 Å². The highest BCUT2D eigenvalue weighted by Crippen LogP contribution is 2.60. The van der Waals surface area contributed by atoms with E-state index in [9.17, 15) is 0 Å². The van der Waals surface area contributed by atoms with Crippen LogP contribution < -0.4 is 0 Å². The standard InChI is InChI=1S/3C8H18.2C7H12.3C7H14/c1-7(2,3)8(4,5)6;1-6-7(2)8(3,4)5;1-6(2)8(5)7(3)4;1-7(4-5-7)6-2-3-6;1-5-4-7(5)6-2-3-6;1-6-4-7(2,3)5-6;1-5-4-6(2)7(5)3;1-3-7-4-6(2)5-7/h1-6H3;7H,6H2,1-5H3;6-8H,1-5H3;6H,2-5H2,1H3;5-7H,2-4H2,1H3;6H,4-5H2,1-3H3;5-7H,4H2,1-3H3;6-7H,3-5H2,1-2H3/t;;;;5-,7?;;;/m....0.../s1. The second-order valence-electron chi connectivity index (χ2n) is 27.7. The largest absolute Gasteiger partial charge is 0.0651 e. The van der Waals surface area contributed by atoms with E-state index in [1.165, 1.54) is 82.5 Å². The van der Waals surface area contributed by atoms with Crippen molar-refractivity contribution in [2.45, 2.75) is 270 Å². The Morgan fingerprint density at radius 3 is 1.00 bits per heavy atom. The molecule has 0 radical (unpaired) electrons. The molecule has 7 rings (SSSR count). The van der Waals surface area contributed by atoms with Gasteiger partial charge in [-0.1, -0.05) is 193 Å². The zero-order chi connectivity index (χ0) is 46.5. The molecule has 0 heteroatoms. The van der Waals surface area contributed by atoms with Gasteiger partial charge in [-0.25, -0.2) is 0 Å². The maximum Gasteiger partial charge on any atom is -0.0297 e. The summed E-state index contributed by atoms with van der Waals surface area (Å²) >= 11 is 0. The Morgan fingerprint density at radius 2 is 0.949 bits per heavy atom. The van der Waals surface area contributed by atoms with E-state index in [1.54, 1.807) is 19.3 Å². The van der Waals surface area contributed by atoms with E-state index in [0.717, 1.165) is 76.4 Å². The van der Waals surface area contributed by atoms with E-state index >= 15 is 0 Å². The summed E-state index contributed by atoms with van der Waals surface area (Å²) < 4.78 is 0. The lowest BCUT2D eigenvalue weighted by Gasteiger charge is -2.40. The Hall–Kier alpha value is 0. The highest BCUT2D eigenvalue weighted by molar-refractivity contribution is 5.00. The summed E-state index contributed by atoms with van der Waals surface area (Å²) in [6.07, 6.45) is 20.8. The number of hydrogen-bond acceptors (Lipinski definition) is 0. The molecule has 0 nitrogen and oxygen atoms in total. The van der Waals surface area contributed by atoms with Crippen molar-refractivity contribution in [3.05, 3.63) is 0 Å². The second-order valence-corrected chi connectivity index (χ2v) is 27.7. The lowest BCUT2D eigenvalue weighted by molar-refractivity contribution is 0.111. The average molecular weight is 830 g/mol. The van der Waals surface area contributed by atoms with Gasteiger partial charge in [0.15, 0.2) is 0 Å². The molecule has 7 aliphatic rings. The minimum absolute atomic E-state index is 0.437. The number of rotatable bonds is 6. The van der Waals surface area contributed by atoms with Crippen molar-refractivity contribution in [1.82, 2.24) is 0 Å². The molecule has 0 aliphatic heterocycles. The van der Waals surface area contributed by atoms with Gasteiger partial charge in [0.1, 0.15) is 0 Å². The van der Waals surface area contributed by atoms with Gasteiger partial charge in [-0.2, -0.15) is 0 Å². The molecule has 356 valence electrons. The van der Waals surface area contributed by atoms with Crippen LogP contribution in [-0.2, 0) is 0 Å². The van der Waals surface area contributed by atoms with Gasteiger partial charge in [0.25, 0.3) is 0 Å². The van der Waals surface area contributed by atoms with Crippen LogP contribution in [0.2, 0.25) is 0 Å². The van der Waals surface area contributed by atoms with Crippen LogP contribution in [0.1, 0.15) is 270 Å². The van der Waals surface area contributed by atoms with Crippen molar-refractivity contribution >= 4 is 0 Å². The van der Waals surface area contributed by atoms with Gasteiger partial charge in [-0.15, -0.1) is 0 Å². The molecule has 0 aromatic rings. The molecular formula is C59H120. The monoisotopic (exact) mass is 829 g/mol. The van der Waals surface area contributed by atoms with Crippen molar-refractivity contribution in [2.24, 2.45) is 110 Å². The topological polar surface area (TPSA) is 0 Å². The highest BCUT2D eigenvalue weighted by atomic mass is 14.5. The van der Waals surface area contributed by atoms with Crippen LogP contribution in [0.3, 0.4) is 0 Å². The quantitative estimate of drug-likeness (QED) is 0.250. The minimum atomic E-state index is 0.437. The summed E-state index contributed by atoms with van der Waals surface area (Å²) in [5.41, 5.74) is 2.94. The first-order chi connectivity index (χ1) is 26.6. The third-order valence-electron chi connectivity index (χ3n) is 17.8. The molecule has 0 amide bonds. The first-order valence-electron chi connectivity index (χ1n) is 26.6. The van der Waals surface area contributed by atoms with Gasteiger partial charge in [-0.3, -0.25) is 0 Å². The molecule has 0 aromatic heterocycles. The van der Waals surface area contributed by atoms with E-state index in [0.29, 0.717) is 21.7 Å². The van der Waals surface area contributed by atoms with Crippen molar-refractivity contribution < 1.29 is 0 Å². The first-order valence-corrected chi connectivity index (χ1v) is 26.6. The van der Waals surface area contributed by atoms with Crippen LogP contribution in [0.25, 0.3) is 0 Å².